The van der Waals surface area contributed by atoms with Crippen LogP contribution in [0.4, 0.5) is 0 Å². The van der Waals surface area contributed by atoms with E-state index in [9.17, 15) is 0 Å². The van der Waals surface area contributed by atoms with Crippen molar-refractivity contribution in [1.82, 2.24) is 0 Å². The fourth-order valence-corrected chi connectivity index (χ4v) is 5.69. The summed E-state index contributed by atoms with van der Waals surface area (Å²) < 4.78 is 0. The number of fused-ring (bicyclic) bond motifs is 7. The maximum atomic E-state index is 2.41. The van der Waals surface area contributed by atoms with Crippen LogP contribution in [0.1, 0.15) is 11.1 Å². The molecule has 0 radical (unpaired) electrons. The van der Waals surface area contributed by atoms with Gasteiger partial charge in [0.1, 0.15) is 11.5 Å². The SMILES string of the molecule is C[S+]1Cc2ccc3ccccc3c2-c2c(ccc3ccccc23)C1. The van der Waals surface area contributed by atoms with E-state index in [1.54, 1.807) is 0 Å². The minimum absolute atomic E-state index is 0.384. The molecule has 116 valence electrons. The van der Waals surface area contributed by atoms with Crippen LogP contribution in [0.5, 0.6) is 0 Å². The lowest BCUT2D eigenvalue weighted by atomic mass is 9.88. The van der Waals surface area contributed by atoms with E-state index in [2.05, 4.69) is 79.1 Å². The highest BCUT2D eigenvalue weighted by Crippen LogP contribution is 2.42. The summed E-state index contributed by atoms with van der Waals surface area (Å²) >= 11 is 0. The average molecular weight is 327 g/mol. The van der Waals surface area contributed by atoms with E-state index in [4.69, 9.17) is 0 Å². The first kappa shape index (κ1) is 14.1. The lowest BCUT2D eigenvalue weighted by Gasteiger charge is -2.14. The third-order valence-corrected chi connectivity index (χ3v) is 6.69. The summed E-state index contributed by atoms with van der Waals surface area (Å²) in [5.41, 5.74) is 5.96. The second-order valence-electron chi connectivity index (χ2n) is 6.71. The highest BCUT2D eigenvalue weighted by atomic mass is 32.2. The van der Waals surface area contributed by atoms with Crippen molar-refractivity contribution in [2.75, 3.05) is 6.26 Å². The largest absolute Gasteiger partial charge is 0.133 e. The molecule has 4 aromatic carbocycles. The third-order valence-electron chi connectivity index (χ3n) is 5.08. The molecule has 0 N–H and O–H groups in total. The Kier molecular flexibility index (Phi) is 3.17. The highest BCUT2D eigenvalue weighted by Gasteiger charge is 2.26. The van der Waals surface area contributed by atoms with Crippen LogP contribution in [-0.2, 0) is 22.4 Å². The Hall–Kier alpha value is -2.25. The first-order chi connectivity index (χ1) is 11.8. The quantitative estimate of drug-likeness (QED) is 0.352. The van der Waals surface area contributed by atoms with Gasteiger partial charge in [0.05, 0.1) is 6.26 Å². The van der Waals surface area contributed by atoms with E-state index >= 15 is 0 Å². The van der Waals surface area contributed by atoms with Gasteiger partial charge in [-0.05, 0) is 43.6 Å². The second kappa shape index (κ2) is 5.39. The molecule has 24 heavy (non-hydrogen) atoms. The van der Waals surface area contributed by atoms with Gasteiger partial charge in [-0.15, -0.1) is 0 Å². The molecule has 0 amide bonds. The van der Waals surface area contributed by atoms with Crippen LogP contribution < -0.4 is 0 Å². The summed E-state index contributed by atoms with van der Waals surface area (Å²) in [5, 5.41) is 5.47. The Balaban J connectivity index is 2.00. The molecule has 0 saturated carbocycles. The van der Waals surface area contributed by atoms with Gasteiger partial charge in [-0.2, -0.15) is 0 Å². The van der Waals surface area contributed by atoms with E-state index in [0.717, 1.165) is 0 Å². The van der Waals surface area contributed by atoms with Crippen LogP contribution in [0.15, 0.2) is 72.8 Å². The molecule has 0 atom stereocenters. The Morgan fingerprint density at radius 3 is 1.54 bits per heavy atom. The summed E-state index contributed by atoms with van der Waals surface area (Å²) in [6.45, 7) is 0. The molecule has 1 heterocycles. The Labute approximate surface area is 145 Å². The van der Waals surface area contributed by atoms with Gasteiger partial charge in [-0.1, -0.05) is 72.8 Å². The van der Waals surface area contributed by atoms with Gasteiger partial charge in [-0.3, -0.25) is 0 Å². The van der Waals surface area contributed by atoms with Gasteiger partial charge >= 0.3 is 0 Å². The lowest BCUT2D eigenvalue weighted by molar-refractivity contribution is 1.41. The van der Waals surface area contributed by atoms with Crippen LogP contribution in [0.2, 0.25) is 0 Å². The third kappa shape index (κ3) is 2.08. The van der Waals surface area contributed by atoms with E-state index in [0.29, 0.717) is 10.9 Å². The zero-order valence-corrected chi connectivity index (χ0v) is 14.6. The molecule has 0 saturated heterocycles. The molecule has 1 heteroatoms. The molecule has 0 aromatic heterocycles. The molecule has 0 nitrogen and oxygen atoms in total. The molecule has 0 unspecified atom stereocenters. The van der Waals surface area contributed by atoms with Crippen molar-refractivity contribution in [3.63, 3.8) is 0 Å². The minimum Gasteiger partial charge on any atom is -0.0616 e. The predicted octanol–water partition coefficient (Wildman–Crippen LogP) is 5.92. The molecule has 0 bridgehead atoms. The molecule has 5 rings (SSSR count). The van der Waals surface area contributed by atoms with Crippen molar-refractivity contribution in [3.05, 3.63) is 83.9 Å². The monoisotopic (exact) mass is 327 g/mol. The number of hydrogen-bond acceptors (Lipinski definition) is 0. The van der Waals surface area contributed by atoms with Crippen LogP contribution in [0, 0.1) is 0 Å². The lowest BCUT2D eigenvalue weighted by Crippen LogP contribution is -2.04. The molecule has 0 aliphatic carbocycles. The molecule has 1 aliphatic rings. The standard InChI is InChI=1S/C23H19S/c1-24-14-18-12-10-16-6-2-4-8-20(16)22(18)23-19(15-24)13-11-17-7-3-5-9-21(17)23/h2-13H,14-15H2,1H3/q+1. The van der Waals surface area contributed by atoms with Crippen LogP contribution >= 0.6 is 0 Å². The normalized spacial score (nSPS) is 14.4. The van der Waals surface area contributed by atoms with Crippen molar-refractivity contribution in [3.8, 4) is 11.1 Å². The zero-order chi connectivity index (χ0) is 16.1. The van der Waals surface area contributed by atoms with Gasteiger partial charge in [0.15, 0.2) is 0 Å². The second-order valence-corrected chi connectivity index (χ2v) is 8.85. The topological polar surface area (TPSA) is 0 Å². The van der Waals surface area contributed by atoms with Gasteiger partial charge < -0.3 is 0 Å². The molecule has 4 aromatic rings. The first-order valence-corrected chi connectivity index (χ1v) is 10.4. The van der Waals surface area contributed by atoms with Crippen molar-refractivity contribution in [1.29, 1.82) is 0 Å². The van der Waals surface area contributed by atoms with Crippen molar-refractivity contribution in [2.24, 2.45) is 0 Å². The van der Waals surface area contributed by atoms with Crippen LogP contribution in [-0.4, -0.2) is 6.26 Å². The molecule has 0 spiro atoms. The summed E-state index contributed by atoms with van der Waals surface area (Å²) in [5.74, 6) is 2.37. The van der Waals surface area contributed by atoms with E-state index in [1.807, 2.05) is 0 Å². The highest BCUT2D eigenvalue weighted by molar-refractivity contribution is 7.94. The maximum absolute atomic E-state index is 2.41. The summed E-state index contributed by atoms with van der Waals surface area (Å²) in [6, 6.07) is 27.0. The van der Waals surface area contributed by atoms with Crippen molar-refractivity contribution in [2.45, 2.75) is 11.5 Å². The van der Waals surface area contributed by atoms with Gasteiger partial charge in [0.25, 0.3) is 0 Å². The molecular formula is C23H19S+. The molecular weight excluding hydrogens is 308 g/mol. The summed E-state index contributed by atoms with van der Waals surface area (Å²) in [6.07, 6.45) is 2.41. The first-order valence-electron chi connectivity index (χ1n) is 8.42. The van der Waals surface area contributed by atoms with E-state index in [-0.39, 0.29) is 0 Å². The predicted molar refractivity (Wildman–Crippen MR) is 108 cm³/mol. The van der Waals surface area contributed by atoms with Crippen molar-refractivity contribution < 1.29 is 0 Å². The van der Waals surface area contributed by atoms with Crippen LogP contribution in [0.3, 0.4) is 0 Å². The van der Waals surface area contributed by atoms with E-state index < -0.39 is 0 Å². The summed E-state index contributed by atoms with van der Waals surface area (Å²) in [4.78, 5) is 0. The number of rotatable bonds is 0. The maximum Gasteiger partial charge on any atom is 0.133 e. The summed E-state index contributed by atoms with van der Waals surface area (Å²) in [7, 11) is 0.384. The smallest absolute Gasteiger partial charge is 0.0616 e. The van der Waals surface area contributed by atoms with Gasteiger partial charge in [0, 0.05) is 11.1 Å². The Bertz CT molecular complexity index is 991. The zero-order valence-electron chi connectivity index (χ0n) is 13.8. The molecule has 1 aliphatic heterocycles. The van der Waals surface area contributed by atoms with E-state index in [1.165, 1.54) is 55.3 Å². The van der Waals surface area contributed by atoms with Crippen molar-refractivity contribution >= 4 is 32.4 Å². The van der Waals surface area contributed by atoms with Gasteiger partial charge in [0.2, 0.25) is 0 Å². The Morgan fingerprint density at radius 2 is 1.04 bits per heavy atom. The average Bonchev–Trinajstić information content (AvgIpc) is 2.77. The fraction of sp³-hybridized carbons (Fsp3) is 0.130. The van der Waals surface area contributed by atoms with Gasteiger partial charge in [-0.25, -0.2) is 0 Å². The Morgan fingerprint density at radius 1 is 0.583 bits per heavy atom. The fourth-order valence-electron chi connectivity index (χ4n) is 4.05. The number of benzene rings is 4. The molecule has 0 fully saturated rings. The van der Waals surface area contributed by atoms with Crippen LogP contribution in [0.25, 0.3) is 32.7 Å². The minimum atomic E-state index is 0.384. The number of hydrogen-bond donors (Lipinski definition) is 0.